The third-order valence-corrected chi connectivity index (χ3v) is 5.54. The summed E-state index contributed by atoms with van der Waals surface area (Å²) in [7, 11) is 0. The summed E-state index contributed by atoms with van der Waals surface area (Å²) in [6, 6.07) is 8.15. The fourth-order valence-corrected chi connectivity index (χ4v) is 3.97. The summed E-state index contributed by atoms with van der Waals surface area (Å²) in [6.07, 6.45) is 9.72. The Morgan fingerprint density at radius 3 is 2.45 bits per heavy atom. The molecule has 1 aromatic carbocycles. The summed E-state index contributed by atoms with van der Waals surface area (Å²) in [5, 5.41) is 0. The van der Waals surface area contributed by atoms with E-state index in [4.69, 9.17) is 0 Å². The van der Waals surface area contributed by atoms with Crippen LogP contribution in [0.5, 0.6) is 0 Å². The van der Waals surface area contributed by atoms with Crippen molar-refractivity contribution in [3.05, 3.63) is 29.3 Å². The van der Waals surface area contributed by atoms with E-state index in [2.05, 4.69) is 28.0 Å². The monoisotopic (exact) mass is 270 g/mol. The van der Waals surface area contributed by atoms with Crippen LogP contribution in [-0.4, -0.2) is 30.6 Å². The van der Waals surface area contributed by atoms with Crippen molar-refractivity contribution >= 4 is 5.69 Å². The van der Waals surface area contributed by atoms with Crippen LogP contribution < -0.4 is 4.90 Å². The van der Waals surface area contributed by atoms with Crippen molar-refractivity contribution in [1.82, 2.24) is 4.90 Å². The number of rotatable bonds is 2. The van der Waals surface area contributed by atoms with Crippen LogP contribution in [0.2, 0.25) is 0 Å². The molecular weight excluding hydrogens is 244 g/mol. The van der Waals surface area contributed by atoms with E-state index >= 15 is 0 Å². The molecule has 0 unspecified atom stereocenters. The molecule has 2 nitrogen and oxygen atoms in total. The number of nitrogens with zero attached hydrogens (tertiary/aromatic N) is 2. The first-order valence-corrected chi connectivity index (χ1v) is 8.51. The minimum absolute atomic E-state index is 0.893. The maximum absolute atomic E-state index is 2.71. The summed E-state index contributed by atoms with van der Waals surface area (Å²) in [4.78, 5) is 5.30. The van der Waals surface area contributed by atoms with Gasteiger partial charge in [-0.15, -0.1) is 0 Å². The van der Waals surface area contributed by atoms with E-state index in [1.807, 2.05) is 0 Å². The van der Waals surface area contributed by atoms with Gasteiger partial charge in [-0.05, 0) is 61.8 Å². The van der Waals surface area contributed by atoms with Gasteiger partial charge in [-0.25, -0.2) is 0 Å². The van der Waals surface area contributed by atoms with Crippen molar-refractivity contribution in [3.63, 3.8) is 0 Å². The highest BCUT2D eigenvalue weighted by Crippen LogP contribution is 2.31. The van der Waals surface area contributed by atoms with Crippen molar-refractivity contribution in [2.45, 2.75) is 57.5 Å². The summed E-state index contributed by atoms with van der Waals surface area (Å²) < 4.78 is 0. The van der Waals surface area contributed by atoms with Crippen LogP contribution >= 0.6 is 0 Å². The van der Waals surface area contributed by atoms with Gasteiger partial charge in [0.25, 0.3) is 0 Å². The molecule has 108 valence electrons. The fraction of sp³-hybridized carbons (Fsp3) is 0.667. The quantitative estimate of drug-likeness (QED) is 0.810. The minimum atomic E-state index is 0.893. The van der Waals surface area contributed by atoms with E-state index in [9.17, 15) is 0 Å². The first-order chi connectivity index (χ1) is 9.90. The van der Waals surface area contributed by atoms with Gasteiger partial charge in [0, 0.05) is 37.9 Å². The Kier molecular flexibility index (Phi) is 3.43. The van der Waals surface area contributed by atoms with Crippen LogP contribution in [0.25, 0.3) is 0 Å². The molecule has 3 aliphatic rings. The van der Waals surface area contributed by atoms with Gasteiger partial charge in [0.15, 0.2) is 0 Å². The number of hydrogen-bond donors (Lipinski definition) is 0. The Balaban J connectivity index is 1.50. The molecule has 1 saturated heterocycles. The van der Waals surface area contributed by atoms with Crippen molar-refractivity contribution < 1.29 is 0 Å². The van der Waals surface area contributed by atoms with E-state index in [-0.39, 0.29) is 0 Å². The maximum atomic E-state index is 2.71. The lowest BCUT2D eigenvalue weighted by Gasteiger charge is -2.40. The van der Waals surface area contributed by atoms with Crippen LogP contribution in [-0.2, 0) is 13.0 Å². The lowest BCUT2D eigenvalue weighted by atomic mass is 9.88. The first-order valence-electron chi connectivity index (χ1n) is 8.51. The zero-order valence-electron chi connectivity index (χ0n) is 12.5. The zero-order valence-corrected chi connectivity index (χ0v) is 12.5. The highest BCUT2D eigenvalue weighted by atomic mass is 15.2. The molecule has 0 bridgehead atoms. The number of fused-ring (bicyclic) bond motifs is 1. The molecule has 2 heterocycles. The molecule has 2 heteroatoms. The SMILES string of the molecule is c1cc2c(cc1N1CCCCC1)CCN(C1CCC1)C2. The van der Waals surface area contributed by atoms with Crippen LogP contribution in [0.15, 0.2) is 18.2 Å². The molecule has 20 heavy (non-hydrogen) atoms. The minimum Gasteiger partial charge on any atom is -0.372 e. The van der Waals surface area contributed by atoms with Crippen LogP contribution in [0.4, 0.5) is 5.69 Å². The van der Waals surface area contributed by atoms with Gasteiger partial charge in [-0.1, -0.05) is 12.5 Å². The fourth-order valence-electron chi connectivity index (χ4n) is 3.97. The third-order valence-electron chi connectivity index (χ3n) is 5.54. The second-order valence-corrected chi connectivity index (χ2v) is 6.81. The standard InChI is InChI=1S/C18H26N2/c1-2-10-19(11-3-1)18-8-7-16-14-20(17-5-4-6-17)12-9-15(16)13-18/h7-8,13,17H,1-6,9-12,14H2. The van der Waals surface area contributed by atoms with Gasteiger partial charge < -0.3 is 4.90 Å². The Hall–Kier alpha value is -1.02. The predicted octanol–water partition coefficient (Wildman–Crippen LogP) is 3.59. The van der Waals surface area contributed by atoms with E-state index in [1.165, 1.54) is 76.8 Å². The molecule has 0 aromatic heterocycles. The van der Waals surface area contributed by atoms with Gasteiger partial charge >= 0.3 is 0 Å². The molecule has 1 aromatic rings. The van der Waals surface area contributed by atoms with Gasteiger partial charge in [-0.3, -0.25) is 4.90 Å². The molecule has 4 rings (SSSR count). The summed E-state index contributed by atoms with van der Waals surface area (Å²) >= 11 is 0. The third kappa shape index (κ3) is 2.35. The second kappa shape index (κ2) is 5.40. The average Bonchev–Trinajstić information content (AvgIpc) is 2.46. The Labute approximate surface area is 122 Å². The first kappa shape index (κ1) is 12.7. The highest BCUT2D eigenvalue weighted by Gasteiger charge is 2.28. The van der Waals surface area contributed by atoms with Crippen LogP contribution in [0.3, 0.4) is 0 Å². The molecule has 0 amide bonds. The number of benzene rings is 1. The Morgan fingerprint density at radius 2 is 1.70 bits per heavy atom. The molecule has 0 spiro atoms. The van der Waals surface area contributed by atoms with Gasteiger partial charge in [0.1, 0.15) is 0 Å². The molecule has 1 aliphatic carbocycles. The van der Waals surface area contributed by atoms with E-state index < -0.39 is 0 Å². The van der Waals surface area contributed by atoms with Gasteiger partial charge in [0.05, 0.1) is 0 Å². The van der Waals surface area contributed by atoms with E-state index in [0.29, 0.717) is 0 Å². The van der Waals surface area contributed by atoms with Gasteiger partial charge in [0.2, 0.25) is 0 Å². The number of anilines is 1. The molecule has 0 N–H and O–H groups in total. The Morgan fingerprint density at radius 1 is 0.850 bits per heavy atom. The molecule has 2 fully saturated rings. The van der Waals surface area contributed by atoms with Crippen LogP contribution in [0, 0.1) is 0 Å². The molecule has 2 aliphatic heterocycles. The summed E-state index contributed by atoms with van der Waals surface area (Å²) in [5.41, 5.74) is 4.67. The normalized spacial score (nSPS) is 24.3. The topological polar surface area (TPSA) is 6.48 Å². The Bertz CT molecular complexity index is 472. The highest BCUT2D eigenvalue weighted by molar-refractivity contribution is 5.52. The number of hydrogen-bond acceptors (Lipinski definition) is 2. The maximum Gasteiger partial charge on any atom is 0.0369 e. The number of piperidine rings is 1. The average molecular weight is 270 g/mol. The van der Waals surface area contributed by atoms with Gasteiger partial charge in [-0.2, -0.15) is 0 Å². The molecular formula is C18H26N2. The largest absolute Gasteiger partial charge is 0.372 e. The van der Waals surface area contributed by atoms with Crippen molar-refractivity contribution in [1.29, 1.82) is 0 Å². The van der Waals surface area contributed by atoms with E-state index in [0.717, 1.165) is 6.04 Å². The van der Waals surface area contributed by atoms with Crippen molar-refractivity contribution in [3.8, 4) is 0 Å². The lowest BCUT2D eigenvalue weighted by molar-refractivity contribution is 0.113. The predicted molar refractivity (Wildman–Crippen MR) is 84.3 cm³/mol. The molecule has 0 atom stereocenters. The molecule has 1 saturated carbocycles. The molecule has 0 radical (unpaired) electrons. The summed E-state index contributed by atoms with van der Waals surface area (Å²) in [6.45, 7) is 4.99. The summed E-state index contributed by atoms with van der Waals surface area (Å²) in [5.74, 6) is 0. The smallest absolute Gasteiger partial charge is 0.0369 e. The van der Waals surface area contributed by atoms with Crippen molar-refractivity contribution in [2.24, 2.45) is 0 Å². The second-order valence-electron chi connectivity index (χ2n) is 6.81. The van der Waals surface area contributed by atoms with E-state index in [1.54, 1.807) is 11.1 Å². The lowest BCUT2D eigenvalue weighted by Crippen LogP contribution is -2.43. The van der Waals surface area contributed by atoms with Crippen molar-refractivity contribution in [2.75, 3.05) is 24.5 Å². The zero-order chi connectivity index (χ0) is 13.4. The van der Waals surface area contributed by atoms with Crippen LogP contribution in [0.1, 0.15) is 49.7 Å².